The largest absolute Gasteiger partial charge is 0.380 e. The third-order valence-electron chi connectivity index (χ3n) is 1.48. The van der Waals surface area contributed by atoms with Crippen LogP contribution in [0.25, 0.3) is 0 Å². The van der Waals surface area contributed by atoms with E-state index >= 15 is 0 Å². The molecular weight excluding hydrogens is 178 g/mol. The Labute approximate surface area is 74.2 Å². The zero-order chi connectivity index (χ0) is 9.61. The van der Waals surface area contributed by atoms with Crippen LogP contribution in [0.1, 0.15) is 6.92 Å². The van der Waals surface area contributed by atoms with Gasteiger partial charge in [-0.3, -0.25) is 0 Å². The van der Waals surface area contributed by atoms with Crippen LogP contribution in [0.5, 0.6) is 0 Å². The molecule has 0 spiro atoms. The first-order valence-electron chi connectivity index (χ1n) is 3.87. The lowest BCUT2D eigenvalue weighted by Crippen LogP contribution is -2.29. The standard InChI is InChI=1S/C7H17NO3S/c1-7(11-2)6-8-4-5-12(3,9)10/h7-8H,4-6H2,1-3H3. The normalized spacial score (nSPS) is 14.6. The number of sulfone groups is 1. The van der Waals surface area contributed by atoms with E-state index in [1.807, 2.05) is 6.92 Å². The molecule has 0 aromatic rings. The van der Waals surface area contributed by atoms with E-state index in [1.54, 1.807) is 7.11 Å². The maximum Gasteiger partial charge on any atom is 0.148 e. The first kappa shape index (κ1) is 11.9. The summed E-state index contributed by atoms with van der Waals surface area (Å²) in [6.45, 7) is 3.10. The lowest BCUT2D eigenvalue weighted by molar-refractivity contribution is 0.118. The highest BCUT2D eigenvalue weighted by Crippen LogP contribution is 1.84. The van der Waals surface area contributed by atoms with Gasteiger partial charge < -0.3 is 10.1 Å². The Bertz CT molecular complexity index is 201. The summed E-state index contributed by atoms with van der Waals surface area (Å²) in [7, 11) is -1.20. The molecule has 0 amide bonds. The van der Waals surface area contributed by atoms with Crippen LogP contribution in [0.3, 0.4) is 0 Å². The molecule has 0 saturated heterocycles. The maximum absolute atomic E-state index is 10.7. The summed E-state index contributed by atoms with van der Waals surface area (Å²) in [5.41, 5.74) is 0. The van der Waals surface area contributed by atoms with Gasteiger partial charge in [0.15, 0.2) is 0 Å². The minimum atomic E-state index is -2.83. The predicted molar refractivity (Wildman–Crippen MR) is 49.1 cm³/mol. The average Bonchev–Trinajstić information content (AvgIpc) is 1.96. The van der Waals surface area contributed by atoms with Crippen LogP contribution in [0.4, 0.5) is 0 Å². The molecule has 1 atom stereocenters. The van der Waals surface area contributed by atoms with Gasteiger partial charge in [0.1, 0.15) is 9.84 Å². The highest BCUT2D eigenvalue weighted by Gasteiger charge is 2.02. The van der Waals surface area contributed by atoms with E-state index in [0.717, 1.165) is 0 Å². The van der Waals surface area contributed by atoms with Crippen LogP contribution in [-0.4, -0.2) is 46.7 Å². The van der Waals surface area contributed by atoms with Crippen LogP contribution < -0.4 is 5.32 Å². The third kappa shape index (κ3) is 7.97. The van der Waals surface area contributed by atoms with E-state index in [1.165, 1.54) is 6.26 Å². The Morgan fingerprint density at radius 3 is 2.50 bits per heavy atom. The molecule has 1 unspecified atom stereocenters. The quantitative estimate of drug-likeness (QED) is 0.589. The van der Waals surface area contributed by atoms with Crippen molar-refractivity contribution in [1.82, 2.24) is 5.32 Å². The third-order valence-corrected chi connectivity index (χ3v) is 2.43. The predicted octanol–water partition coefficient (Wildman–Crippen LogP) is -0.344. The fourth-order valence-corrected chi connectivity index (χ4v) is 1.16. The monoisotopic (exact) mass is 195 g/mol. The summed E-state index contributed by atoms with van der Waals surface area (Å²) in [6, 6.07) is 0. The van der Waals surface area contributed by atoms with Crippen molar-refractivity contribution in [3.05, 3.63) is 0 Å². The van der Waals surface area contributed by atoms with E-state index in [4.69, 9.17) is 4.74 Å². The molecule has 0 aliphatic rings. The molecular formula is C7H17NO3S. The Morgan fingerprint density at radius 1 is 1.50 bits per heavy atom. The summed E-state index contributed by atoms with van der Waals surface area (Å²) in [6.07, 6.45) is 1.36. The first-order valence-corrected chi connectivity index (χ1v) is 5.93. The van der Waals surface area contributed by atoms with Gasteiger partial charge in [0.05, 0.1) is 11.9 Å². The molecule has 0 rings (SSSR count). The molecule has 0 aliphatic carbocycles. The molecule has 0 fully saturated rings. The van der Waals surface area contributed by atoms with Crippen LogP contribution in [-0.2, 0) is 14.6 Å². The van der Waals surface area contributed by atoms with Crippen LogP contribution in [0, 0.1) is 0 Å². The number of hydrogen-bond acceptors (Lipinski definition) is 4. The van der Waals surface area contributed by atoms with Crippen molar-refractivity contribution in [3.63, 3.8) is 0 Å². The minimum absolute atomic E-state index is 0.129. The van der Waals surface area contributed by atoms with Gasteiger partial charge in [-0.25, -0.2) is 8.42 Å². The SMILES string of the molecule is COC(C)CNCCS(C)(=O)=O. The van der Waals surface area contributed by atoms with Gasteiger partial charge in [0, 0.05) is 26.5 Å². The molecule has 4 nitrogen and oxygen atoms in total. The lowest BCUT2D eigenvalue weighted by atomic mass is 10.4. The summed E-state index contributed by atoms with van der Waals surface area (Å²) in [4.78, 5) is 0. The number of methoxy groups -OCH3 is 1. The molecule has 12 heavy (non-hydrogen) atoms. The average molecular weight is 195 g/mol. The van der Waals surface area contributed by atoms with Gasteiger partial charge in [-0.1, -0.05) is 0 Å². The molecule has 0 aliphatic heterocycles. The smallest absolute Gasteiger partial charge is 0.148 e. The van der Waals surface area contributed by atoms with E-state index in [-0.39, 0.29) is 11.9 Å². The first-order chi connectivity index (χ1) is 5.45. The second-order valence-corrected chi connectivity index (χ2v) is 5.14. The summed E-state index contributed by atoms with van der Waals surface area (Å²) >= 11 is 0. The van der Waals surface area contributed by atoms with Gasteiger partial charge >= 0.3 is 0 Å². The Morgan fingerprint density at radius 2 is 2.08 bits per heavy atom. The van der Waals surface area contributed by atoms with Crippen molar-refractivity contribution in [3.8, 4) is 0 Å². The minimum Gasteiger partial charge on any atom is -0.380 e. The summed E-state index contributed by atoms with van der Waals surface area (Å²) < 4.78 is 26.3. The van der Waals surface area contributed by atoms with E-state index < -0.39 is 9.84 Å². The Kier molecular flexibility index (Phi) is 5.44. The van der Waals surface area contributed by atoms with Gasteiger partial charge in [0.25, 0.3) is 0 Å². The zero-order valence-electron chi connectivity index (χ0n) is 7.83. The van der Waals surface area contributed by atoms with Gasteiger partial charge in [-0.15, -0.1) is 0 Å². The van der Waals surface area contributed by atoms with Gasteiger partial charge in [0.2, 0.25) is 0 Å². The molecule has 0 radical (unpaired) electrons. The summed E-state index contributed by atoms with van der Waals surface area (Å²) in [5.74, 6) is 0.184. The van der Waals surface area contributed by atoms with Crippen molar-refractivity contribution in [1.29, 1.82) is 0 Å². The second-order valence-electron chi connectivity index (χ2n) is 2.88. The zero-order valence-corrected chi connectivity index (χ0v) is 8.65. The van der Waals surface area contributed by atoms with Crippen LogP contribution in [0.2, 0.25) is 0 Å². The molecule has 5 heteroatoms. The van der Waals surface area contributed by atoms with Crippen molar-refractivity contribution >= 4 is 9.84 Å². The molecule has 0 saturated carbocycles. The number of ether oxygens (including phenoxy) is 1. The molecule has 0 aromatic heterocycles. The van der Waals surface area contributed by atoms with Crippen molar-refractivity contribution in [2.24, 2.45) is 0 Å². The topological polar surface area (TPSA) is 55.4 Å². The van der Waals surface area contributed by atoms with Crippen molar-refractivity contribution < 1.29 is 13.2 Å². The molecule has 0 bridgehead atoms. The molecule has 0 aromatic carbocycles. The Hall–Kier alpha value is -0.130. The van der Waals surface area contributed by atoms with Crippen LogP contribution in [0.15, 0.2) is 0 Å². The summed E-state index contributed by atoms with van der Waals surface area (Å²) in [5, 5.41) is 2.99. The second kappa shape index (κ2) is 5.50. The fourth-order valence-electron chi connectivity index (χ4n) is 0.646. The number of nitrogens with one attached hydrogen (secondary N) is 1. The van der Waals surface area contributed by atoms with Crippen LogP contribution >= 0.6 is 0 Å². The van der Waals surface area contributed by atoms with Crippen molar-refractivity contribution in [2.45, 2.75) is 13.0 Å². The lowest BCUT2D eigenvalue weighted by Gasteiger charge is -2.09. The van der Waals surface area contributed by atoms with Gasteiger partial charge in [-0.05, 0) is 6.92 Å². The van der Waals surface area contributed by atoms with E-state index in [9.17, 15) is 8.42 Å². The highest BCUT2D eigenvalue weighted by atomic mass is 32.2. The van der Waals surface area contributed by atoms with E-state index in [2.05, 4.69) is 5.32 Å². The fraction of sp³-hybridized carbons (Fsp3) is 1.00. The number of hydrogen-bond donors (Lipinski definition) is 1. The Balaban J connectivity index is 3.34. The molecule has 74 valence electrons. The molecule has 0 heterocycles. The van der Waals surface area contributed by atoms with Gasteiger partial charge in [-0.2, -0.15) is 0 Å². The number of rotatable bonds is 6. The van der Waals surface area contributed by atoms with E-state index in [0.29, 0.717) is 13.1 Å². The maximum atomic E-state index is 10.7. The van der Waals surface area contributed by atoms with Crippen molar-refractivity contribution in [2.75, 3.05) is 32.2 Å². The highest BCUT2D eigenvalue weighted by molar-refractivity contribution is 7.90. The molecule has 1 N–H and O–H groups in total.